The number of rotatable bonds is 9. The predicted octanol–water partition coefficient (Wildman–Crippen LogP) is 4.18. The Morgan fingerprint density at radius 3 is 2.57 bits per heavy atom. The fourth-order valence-electron chi connectivity index (χ4n) is 2.34. The molecule has 0 heterocycles. The van der Waals surface area contributed by atoms with E-state index in [0.717, 1.165) is 36.0 Å². The number of halogens is 1. The molecule has 0 fully saturated rings. The van der Waals surface area contributed by atoms with Crippen LogP contribution in [0.25, 0.3) is 0 Å². The van der Waals surface area contributed by atoms with E-state index in [4.69, 9.17) is 9.47 Å². The second kappa shape index (κ2) is 8.76. The van der Waals surface area contributed by atoms with E-state index < -0.39 is 0 Å². The highest BCUT2D eigenvalue weighted by molar-refractivity contribution is 9.10. The van der Waals surface area contributed by atoms with Crippen LogP contribution in [0.5, 0.6) is 5.75 Å². The molecule has 0 spiro atoms. The summed E-state index contributed by atoms with van der Waals surface area (Å²) in [7, 11) is 3.48. The van der Waals surface area contributed by atoms with E-state index in [2.05, 4.69) is 48.1 Å². The molecule has 3 nitrogen and oxygen atoms in total. The van der Waals surface area contributed by atoms with Crippen LogP contribution < -0.4 is 10.1 Å². The summed E-state index contributed by atoms with van der Waals surface area (Å²) < 4.78 is 12.0. The third-order valence-corrected chi connectivity index (χ3v) is 4.47. The first-order valence-corrected chi connectivity index (χ1v) is 8.32. The van der Waals surface area contributed by atoms with Crippen molar-refractivity contribution in [2.75, 3.05) is 20.8 Å². The van der Waals surface area contributed by atoms with Crippen LogP contribution in [0.15, 0.2) is 22.7 Å². The molecule has 0 amide bonds. The number of methoxy groups -OCH3 is 2. The molecule has 0 aliphatic carbocycles. The van der Waals surface area contributed by atoms with E-state index in [1.54, 1.807) is 14.2 Å². The standard InChI is InChI=1S/C17H28BrNO2/c1-6-9-19-14(12-17(2,3)21-5)10-13-11-15(20-4)7-8-16(13)18/h7-8,11,14,19H,6,9-10,12H2,1-5H3. The van der Waals surface area contributed by atoms with Crippen LogP contribution in [-0.4, -0.2) is 32.4 Å². The summed E-state index contributed by atoms with van der Waals surface area (Å²) in [6.07, 6.45) is 3.04. The Bertz CT molecular complexity index is 435. The van der Waals surface area contributed by atoms with E-state index in [1.807, 2.05) is 12.1 Å². The molecule has 1 aromatic carbocycles. The zero-order valence-electron chi connectivity index (χ0n) is 13.8. The van der Waals surface area contributed by atoms with Gasteiger partial charge >= 0.3 is 0 Å². The second-order valence-corrected chi connectivity index (χ2v) is 6.83. The molecule has 120 valence electrons. The van der Waals surface area contributed by atoms with Gasteiger partial charge in [-0.1, -0.05) is 22.9 Å². The van der Waals surface area contributed by atoms with Crippen molar-refractivity contribution < 1.29 is 9.47 Å². The lowest BCUT2D eigenvalue weighted by atomic mass is 9.93. The fraction of sp³-hybridized carbons (Fsp3) is 0.647. The Morgan fingerprint density at radius 2 is 2.00 bits per heavy atom. The number of ether oxygens (including phenoxy) is 2. The molecule has 0 aliphatic heterocycles. The van der Waals surface area contributed by atoms with Crippen molar-refractivity contribution in [3.05, 3.63) is 28.2 Å². The van der Waals surface area contributed by atoms with Crippen molar-refractivity contribution in [1.29, 1.82) is 0 Å². The van der Waals surface area contributed by atoms with Crippen molar-refractivity contribution in [2.45, 2.75) is 51.7 Å². The van der Waals surface area contributed by atoms with Crippen molar-refractivity contribution >= 4 is 15.9 Å². The molecule has 0 aromatic heterocycles. The summed E-state index contributed by atoms with van der Waals surface area (Å²) in [5, 5.41) is 3.63. The van der Waals surface area contributed by atoms with Gasteiger partial charge in [-0.3, -0.25) is 0 Å². The zero-order chi connectivity index (χ0) is 15.9. The molecule has 1 atom stereocenters. The molecule has 1 rings (SSSR count). The van der Waals surface area contributed by atoms with Gasteiger partial charge in [0.05, 0.1) is 12.7 Å². The normalized spacial score (nSPS) is 13.2. The summed E-state index contributed by atoms with van der Waals surface area (Å²) in [5.74, 6) is 0.897. The summed E-state index contributed by atoms with van der Waals surface area (Å²) >= 11 is 3.64. The largest absolute Gasteiger partial charge is 0.497 e. The molecular formula is C17H28BrNO2. The Hall–Kier alpha value is -0.580. The minimum Gasteiger partial charge on any atom is -0.497 e. The van der Waals surface area contributed by atoms with E-state index in [1.165, 1.54) is 5.56 Å². The molecule has 0 saturated carbocycles. The molecule has 1 unspecified atom stereocenters. The monoisotopic (exact) mass is 357 g/mol. The maximum Gasteiger partial charge on any atom is 0.119 e. The van der Waals surface area contributed by atoms with Gasteiger partial charge in [-0.15, -0.1) is 0 Å². The molecule has 0 radical (unpaired) electrons. The highest BCUT2D eigenvalue weighted by atomic mass is 79.9. The Morgan fingerprint density at radius 1 is 1.29 bits per heavy atom. The van der Waals surface area contributed by atoms with Gasteiger partial charge in [-0.25, -0.2) is 0 Å². The smallest absolute Gasteiger partial charge is 0.119 e. The van der Waals surface area contributed by atoms with Gasteiger partial charge in [0, 0.05) is 17.6 Å². The van der Waals surface area contributed by atoms with E-state index >= 15 is 0 Å². The number of hydrogen-bond acceptors (Lipinski definition) is 3. The second-order valence-electron chi connectivity index (χ2n) is 5.98. The minimum absolute atomic E-state index is 0.128. The third kappa shape index (κ3) is 6.37. The summed E-state index contributed by atoms with van der Waals surface area (Å²) in [6, 6.07) is 6.50. The van der Waals surface area contributed by atoms with Crippen molar-refractivity contribution in [1.82, 2.24) is 5.32 Å². The van der Waals surface area contributed by atoms with Crippen LogP contribution in [0.1, 0.15) is 39.2 Å². The molecule has 1 aromatic rings. The first-order valence-electron chi connectivity index (χ1n) is 7.52. The van der Waals surface area contributed by atoms with Crippen LogP contribution in [0.3, 0.4) is 0 Å². The number of hydrogen-bond donors (Lipinski definition) is 1. The lowest BCUT2D eigenvalue weighted by molar-refractivity contribution is 0.00713. The van der Waals surface area contributed by atoms with Gasteiger partial charge in [0.25, 0.3) is 0 Å². The Kier molecular flexibility index (Phi) is 7.71. The van der Waals surface area contributed by atoms with Crippen LogP contribution in [0.4, 0.5) is 0 Å². The van der Waals surface area contributed by atoms with Gasteiger partial charge in [0.15, 0.2) is 0 Å². The number of nitrogens with one attached hydrogen (secondary N) is 1. The topological polar surface area (TPSA) is 30.5 Å². The third-order valence-electron chi connectivity index (χ3n) is 3.69. The van der Waals surface area contributed by atoms with Crippen LogP contribution >= 0.6 is 15.9 Å². The van der Waals surface area contributed by atoms with Gasteiger partial charge in [-0.2, -0.15) is 0 Å². The highest BCUT2D eigenvalue weighted by Gasteiger charge is 2.23. The van der Waals surface area contributed by atoms with E-state index in [9.17, 15) is 0 Å². The molecule has 0 aliphatic rings. The summed E-state index contributed by atoms with van der Waals surface area (Å²) in [5.41, 5.74) is 1.13. The molecule has 0 bridgehead atoms. The maximum absolute atomic E-state index is 5.58. The van der Waals surface area contributed by atoms with Crippen molar-refractivity contribution in [3.8, 4) is 5.75 Å². The van der Waals surface area contributed by atoms with Gasteiger partial charge in [0.1, 0.15) is 5.75 Å². The Balaban J connectivity index is 2.84. The van der Waals surface area contributed by atoms with Gasteiger partial charge in [-0.05, 0) is 63.4 Å². The zero-order valence-corrected chi connectivity index (χ0v) is 15.4. The first kappa shape index (κ1) is 18.5. The minimum atomic E-state index is -0.128. The van der Waals surface area contributed by atoms with E-state index in [0.29, 0.717) is 6.04 Å². The van der Waals surface area contributed by atoms with Gasteiger partial charge < -0.3 is 14.8 Å². The SMILES string of the molecule is CCCNC(Cc1cc(OC)ccc1Br)CC(C)(C)OC. The van der Waals surface area contributed by atoms with Crippen LogP contribution in [0.2, 0.25) is 0 Å². The quantitative estimate of drug-likeness (QED) is 0.718. The van der Waals surface area contributed by atoms with Crippen molar-refractivity contribution in [2.24, 2.45) is 0 Å². The molecule has 0 saturated heterocycles. The maximum atomic E-state index is 5.58. The van der Waals surface area contributed by atoms with E-state index in [-0.39, 0.29) is 5.60 Å². The summed E-state index contributed by atoms with van der Waals surface area (Å²) in [6.45, 7) is 7.47. The molecular weight excluding hydrogens is 330 g/mol. The molecule has 4 heteroatoms. The van der Waals surface area contributed by atoms with Gasteiger partial charge in [0.2, 0.25) is 0 Å². The van der Waals surface area contributed by atoms with Crippen LogP contribution in [0, 0.1) is 0 Å². The average molecular weight is 358 g/mol. The highest BCUT2D eigenvalue weighted by Crippen LogP contribution is 2.26. The predicted molar refractivity (Wildman–Crippen MR) is 92.2 cm³/mol. The molecule has 21 heavy (non-hydrogen) atoms. The summed E-state index contributed by atoms with van der Waals surface area (Å²) in [4.78, 5) is 0. The fourth-order valence-corrected chi connectivity index (χ4v) is 2.75. The lowest BCUT2D eigenvalue weighted by Gasteiger charge is -2.29. The van der Waals surface area contributed by atoms with Crippen LogP contribution in [-0.2, 0) is 11.2 Å². The molecule has 1 N–H and O–H groups in total. The number of benzene rings is 1. The average Bonchev–Trinajstić information content (AvgIpc) is 2.46. The lowest BCUT2D eigenvalue weighted by Crippen LogP contribution is -2.39. The van der Waals surface area contributed by atoms with Crippen molar-refractivity contribution in [3.63, 3.8) is 0 Å². The Labute approximate surface area is 137 Å². The first-order chi connectivity index (χ1) is 9.91.